The van der Waals surface area contributed by atoms with Crippen LogP contribution < -0.4 is 5.32 Å². The maximum atomic E-state index is 4.95. The molecule has 2 unspecified atom stereocenters. The number of hydrogen-bond donors (Lipinski definition) is 1. The molecule has 0 aromatic rings. The second-order valence-electron chi connectivity index (χ2n) is 6.60. The Bertz CT molecular complexity index is 309. The lowest BCUT2D eigenvalue weighted by molar-refractivity contribution is 0.208. The number of likely N-dealkylation sites (tertiary alicyclic amines) is 1. The molecule has 2 rings (SSSR count). The zero-order chi connectivity index (χ0) is 14.4. The summed E-state index contributed by atoms with van der Waals surface area (Å²) < 4.78 is 0. The highest BCUT2D eigenvalue weighted by atomic mass is 127. The summed E-state index contributed by atoms with van der Waals surface area (Å²) in [6.07, 6.45) is 4.05. The van der Waals surface area contributed by atoms with Gasteiger partial charge in [0.1, 0.15) is 0 Å². The first-order valence-corrected chi connectivity index (χ1v) is 9.45. The van der Waals surface area contributed by atoms with Crippen LogP contribution in [-0.4, -0.2) is 48.5 Å². The molecule has 2 atom stereocenters. The number of thioether (sulfide) groups is 1. The van der Waals surface area contributed by atoms with E-state index in [0.717, 1.165) is 49.9 Å². The number of piperidine rings is 1. The molecule has 0 spiro atoms. The molecule has 1 N–H and O–H groups in total. The van der Waals surface area contributed by atoms with Crippen LogP contribution in [0.1, 0.15) is 40.0 Å². The van der Waals surface area contributed by atoms with Gasteiger partial charge in [-0.1, -0.05) is 13.8 Å². The van der Waals surface area contributed by atoms with E-state index in [9.17, 15) is 0 Å². The van der Waals surface area contributed by atoms with E-state index in [1.165, 1.54) is 30.8 Å². The van der Waals surface area contributed by atoms with Crippen molar-refractivity contribution in [2.24, 2.45) is 22.7 Å². The fourth-order valence-corrected chi connectivity index (χ4v) is 4.61. The molecule has 3 nitrogen and oxygen atoms in total. The monoisotopic (exact) mass is 425 g/mol. The molecule has 2 saturated heterocycles. The highest BCUT2D eigenvalue weighted by molar-refractivity contribution is 14.0. The van der Waals surface area contributed by atoms with Crippen LogP contribution in [0.3, 0.4) is 0 Å². The first kappa shape index (κ1) is 19.4. The maximum absolute atomic E-state index is 4.95. The quantitative estimate of drug-likeness (QED) is 0.425. The SMILES string of the molecule is CCNC(=NCC1CCSCC1)N1CC(C)CC(C)C1.I. The van der Waals surface area contributed by atoms with Crippen molar-refractivity contribution < 1.29 is 0 Å². The van der Waals surface area contributed by atoms with Crippen molar-refractivity contribution in [3.8, 4) is 0 Å². The molecule has 124 valence electrons. The van der Waals surface area contributed by atoms with Crippen molar-refractivity contribution in [1.82, 2.24) is 10.2 Å². The highest BCUT2D eigenvalue weighted by Crippen LogP contribution is 2.24. The zero-order valence-corrected chi connectivity index (χ0v) is 17.0. The Morgan fingerprint density at radius 2 is 1.81 bits per heavy atom. The Balaban J connectivity index is 0.00000220. The molecule has 2 fully saturated rings. The minimum Gasteiger partial charge on any atom is -0.357 e. The molecule has 2 aliphatic rings. The van der Waals surface area contributed by atoms with E-state index < -0.39 is 0 Å². The molecule has 2 aliphatic heterocycles. The molecule has 0 bridgehead atoms. The topological polar surface area (TPSA) is 27.6 Å². The van der Waals surface area contributed by atoms with Crippen molar-refractivity contribution in [2.45, 2.75) is 40.0 Å². The lowest BCUT2D eigenvalue weighted by Gasteiger charge is -2.37. The van der Waals surface area contributed by atoms with Crippen molar-refractivity contribution in [3.63, 3.8) is 0 Å². The summed E-state index contributed by atoms with van der Waals surface area (Å²) in [5, 5.41) is 3.50. The zero-order valence-electron chi connectivity index (χ0n) is 13.8. The van der Waals surface area contributed by atoms with Gasteiger partial charge < -0.3 is 10.2 Å². The first-order chi connectivity index (χ1) is 9.69. The number of nitrogens with zero attached hydrogens (tertiary/aromatic N) is 2. The summed E-state index contributed by atoms with van der Waals surface area (Å²) in [6, 6.07) is 0. The number of hydrogen-bond acceptors (Lipinski definition) is 2. The molecule has 0 amide bonds. The van der Waals surface area contributed by atoms with Gasteiger partial charge in [0.2, 0.25) is 0 Å². The van der Waals surface area contributed by atoms with Crippen molar-refractivity contribution >= 4 is 41.7 Å². The van der Waals surface area contributed by atoms with Gasteiger partial charge in [0.25, 0.3) is 0 Å². The van der Waals surface area contributed by atoms with E-state index in [0.29, 0.717) is 0 Å². The van der Waals surface area contributed by atoms with Crippen molar-refractivity contribution in [3.05, 3.63) is 0 Å². The van der Waals surface area contributed by atoms with Crippen LogP contribution in [0.2, 0.25) is 0 Å². The molecule has 0 aromatic carbocycles. The number of guanidine groups is 1. The van der Waals surface area contributed by atoms with Crippen LogP contribution >= 0.6 is 35.7 Å². The highest BCUT2D eigenvalue weighted by Gasteiger charge is 2.24. The first-order valence-electron chi connectivity index (χ1n) is 8.30. The Labute approximate surface area is 152 Å². The summed E-state index contributed by atoms with van der Waals surface area (Å²) in [5.74, 6) is 6.19. The molecular weight excluding hydrogens is 393 g/mol. The minimum absolute atomic E-state index is 0. The molecule has 21 heavy (non-hydrogen) atoms. The van der Waals surface area contributed by atoms with E-state index in [-0.39, 0.29) is 24.0 Å². The van der Waals surface area contributed by atoms with E-state index in [1.54, 1.807) is 0 Å². The smallest absolute Gasteiger partial charge is 0.193 e. The van der Waals surface area contributed by atoms with Crippen LogP contribution in [0.5, 0.6) is 0 Å². The maximum Gasteiger partial charge on any atom is 0.193 e. The standard InChI is InChI=1S/C16H31N3S.HI/c1-4-17-16(18-10-15-5-7-20-8-6-15)19-11-13(2)9-14(3)12-19;/h13-15H,4-12H2,1-3H3,(H,17,18);1H. The Morgan fingerprint density at radius 1 is 1.19 bits per heavy atom. The van der Waals surface area contributed by atoms with Gasteiger partial charge in [-0.2, -0.15) is 11.8 Å². The summed E-state index contributed by atoms with van der Waals surface area (Å²) in [7, 11) is 0. The van der Waals surface area contributed by atoms with E-state index in [4.69, 9.17) is 4.99 Å². The number of nitrogens with one attached hydrogen (secondary N) is 1. The van der Waals surface area contributed by atoms with Gasteiger partial charge in [0.15, 0.2) is 5.96 Å². The Hall–Kier alpha value is 0.350. The third-order valence-electron chi connectivity index (χ3n) is 4.34. The minimum atomic E-state index is 0. The molecule has 2 heterocycles. The second-order valence-corrected chi connectivity index (χ2v) is 7.83. The average molecular weight is 425 g/mol. The van der Waals surface area contributed by atoms with Crippen molar-refractivity contribution in [2.75, 3.05) is 37.7 Å². The molecule has 0 aliphatic carbocycles. The Morgan fingerprint density at radius 3 is 2.38 bits per heavy atom. The van der Waals surface area contributed by atoms with Crippen LogP contribution in [0.25, 0.3) is 0 Å². The second kappa shape index (κ2) is 10.2. The van der Waals surface area contributed by atoms with Crippen LogP contribution in [0.15, 0.2) is 4.99 Å². The third-order valence-corrected chi connectivity index (χ3v) is 5.39. The molecule has 0 radical (unpaired) electrons. The fourth-order valence-electron chi connectivity index (χ4n) is 3.41. The molecule has 0 saturated carbocycles. The average Bonchev–Trinajstić information content (AvgIpc) is 2.43. The number of rotatable bonds is 3. The van der Waals surface area contributed by atoms with Crippen molar-refractivity contribution in [1.29, 1.82) is 0 Å². The normalized spacial score (nSPS) is 28.1. The van der Waals surface area contributed by atoms with Gasteiger partial charge >= 0.3 is 0 Å². The summed E-state index contributed by atoms with van der Waals surface area (Å²) >= 11 is 2.10. The van der Waals surface area contributed by atoms with Gasteiger partial charge in [0, 0.05) is 26.2 Å². The van der Waals surface area contributed by atoms with Crippen LogP contribution in [0, 0.1) is 17.8 Å². The van der Waals surface area contributed by atoms with Gasteiger partial charge in [-0.3, -0.25) is 4.99 Å². The Kier molecular flexibility index (Phi) is 9.41. The largest absolute Gasteiger partial charge is 0.357 e. The van der Waals surface area contributed by atoms with Gasteiger partial charge in [-0.25, -0.2) is 0 Å². The summed E-state index contributed by atoms with van der Waals surface area (Å²) in [4.78, 5) is 7.44. The molecule has 0 aromatic heterocycles. The lowest BCUT2D eigenvalue weighted by atomic mass is 9.92. The summed E-state index contributed by atoms with van der Waals surface area (Å²) in [5.41, 5.74) is 0. The number of aliphatic imine (C=N–C) groups is 1. The van der Waals surface area contributed by atoms with Gasteiger partial charge in [-0.05, 0) is 55.4 Å². The van der Waals surface area contributed by atoms with Crippen LogP contribution in [0.4, 0.5) is 0 Å². The predicted molar refractivity (Wildman–Crippen MR) is 106 cm³/mol. The van der Waals surface area contributed by atoms with Gasteiger partial charge in [0.05, 0.1) is 0 Å². The molecule has 5 heteroatoms. The van der Waals surface area contributed by atoms with Gasteiger partial charge in [-0.15, -0.1) is 24.0 Å². The summed E-state index contributed by atoms with van der Waals surface area (Å²) in [6.45, 7) is 11.2. The van der Waals surface area contributed by atoms with E-state index in [2.05, 4.69) is 42.7 Å². The van der Waals surface area contributed by atoms with Crippen LogP contribution in [-0.2, 0) is 0 Å². The van der Waals surface area contributed by atoms with E-state index in [1.807, 2.05) is 0 Å². The predicted octanol–water partition coefficient (Wildman–Crippen LogP) is 3.69. The third kappa shape index (κ3) is 6.55. The van der Waals surface area contributed by atoms with E-state index >= 15 is 0 Å². The number of halogens is 1. The lowest BCUT2D eigenvalue weighted by Crippen LogP contribution is -2.48. The molecular formula is C16H32IN3S. The fraction of sp³-hybridized carbons (Fsp3) is 0.938.